The molecule has 2 rings (SSSR count). The largest absolute Gasteiger partial charge is 0.370 e. The van der Waals surface area contributed by atoms with Gasteiger partial charge < -0.3 is 5.32 Å². The van der Waals surface area contributed by atoms with Gasteiger partial charge in [0.25, 0.3) is 0 Å². The van der Waals surface area contributed by atoms with Crippen molar-refractivity contribution in [3.05, 3.63) is 41.0 Å². The van der Waals surface area contributed by atoms with E-state index in [9.17, 15) is 0 Å². The first-order chi connectivity index (χ1) is 9.41. The van der Waals surface area contributed by atoms with Crippen molar-refractivity contribution >= 4 is 17.4 Å². The summed E-state index contributed by atoms with van der Waals surface area (Å²) in [5.74, 6) is 1.50. The van der Waals surface area contributed by atoms with Crippen molar-refractivity contribution in [1.29, 1.82) is 0 Å². The summed E-state index contributed by atoms with van der Waals surface area (Å²) in [4.78, 5) is 9.24. The van der Waals surface area contributed by atoms with Gasteiger partial charge in [-0.25, -0.2) is 9.97 Å². The first-order valence-corrected chi connectivity index (χ1v) is 7.18. The molecule has 0 aliphatic rings. The lowest BCUT2D eigenvalue weighted by molar-refractivity contribution is 0.568. The molecule has 0 atom stereocenters. The third-order valence-corrected chi connectivity index (χ3v) is 3.30. The molecule has 0 bridgehead atoms. The normalized spacial score (nSPS) is 11.4. The van der Waals surface area contributed by atoms with E-state index in [1.807, 2.05) is 37.3 Å². The Kier molecular flexibility index (Phi) is 4.29. The minimum Gasteiger partial charge on any atom is -0.370 e. The monoisotopic (exact) mass is 289 g/mol. The van der Waals surface area contributed by atoms with Crippen LogP contribution in [0.3, 0.4) is 0 Å². The summed E-state index contributed by atoms with van der Waals surface area (Å²) in [5, 5.41) is 3.92. The molecule has 3 nitrogen and oxygen atoms in total. The number of hydrogen-bond donors (Lipinski definition) is 1. The van der Waals surface area contributed by atoms with Crippen molar-refractivity contribution in [2.75, 3.05) is 11.9 Å². The molecular formula is C16H20ClN3. The third-order valence-electron chi connectivity index (χ3n) is 2.97. The number of anilines is 1. The van der Waals surface area contributed by atoms with Gasteiger partial charge in [-0.1, -0.05) is 44.5 Å². The molecule has 0 aliphatic heterocycles. The quantitative estimate of drug-likeness (QED) is 0.902. The van der Waals surface area contributed by atoms with Crippen LogP contribution in [0.4, 0.5) is 5.82 Å². The summed E-state index contributed by atoms with van der Waals surface area (Å²) in [5.41, 5.74) is 1.82. The molecule has 1 aromatic carbocycles. The number of aromatic nitrogens is 2. The molecule has 1 aromatic heterocycles. The molecular weight excluding hydrogens is 270 g/mol. The average molecular weight is 290 g/mol. The van der Waals surface area contributed by atoms with Gasteiger partial charge in [0.1, 0.15) is 5.82 Å². The van der Waals surface area contributed by atoms with E-state index in [0.29, 0.717) is 10.8 Å². The van der Waals surface area contributed by atoms with Crippen molar-refractivity contribution in [2.24, 2.45) is 0 Å². The molecule has 0 spiro atoms. The molecule has 0 amide bonds. The SMILES string of the molecule is CCNc1cc(C(C)(C)C)nc(-c2ccccc2Cl)n1. The molecule has 1 heterocycles. The zero-order chi connectivity index (χ0) is 14.8. The summed E-state index contributed by atoms with van der Waals surface area (Å²) in [6, 6.07) is 9.66. The molecule has 20 heavy (non-hydrogen) atoms. The van der Waals surface area contributed by atoms with Gasteiger partial charge in [-0.05, 0) is 19.1 Å². The summed E-state index contributed by atoms with van der Waals surface area (Å²) < 4.78 is 0. The van der Waals surface area contributed by atoms with Crippen molar-refractivity contribution < 1.29 is 0 Å². The molecule has 1 N–H and O–H groups in total. The second-order valence-corrected chi connectivity index (χ2v) is 6.13. The van der Waals surface area contributed by atoms with E-state index in [0.717, 1.165) is 23.6 Å². The molecule has 4 heteroatoms. The maximum absolute atomic E-state index is 6.25. The Labute approximate surface area is 125 Å². The maximum atomic E-state index is 6.25. The van der Waals surface area contributed by atoms with E-state index in [-0.39, 0.29) is 5.41 Å². The highest BCUT2D eigenvalue weighted by Crippen LogP contribution is 2.29. The Morgan fingerprint density at radius 2 is 1.85 bits per heavy atom. The van der Waals surface area contributed by atoms with Crippen LogP contribution in [-0.4, -0.2) is 16.5 Å². The van der Waals surface area contributed by atoms with Gasteiger partial charge in [0.2, 0.25) is 0 Å². The van der Waals surface area contributed by atoms with Gasteiger partial charge in [-0.15, -0.1) is 0 Å². The van der Waals surface area contributed by atoms with Gasteiger partial charge >= 0.3 is 0 Å². The molecule has 106 valence electrons. The topological polar surface area (TPSA) is 37.8 Å². The third kappa shape index (κ3) is 3.28. The summed E-state index contributed by atoms with van der Waals surface area (Å²) in [7, 11) is 0. The first-order valence-electron chi connectivity index (χ1n) is 6.80. The highest BCUT2D eigenvalue weighted by molar-refractivity contribution is 6.33. The van der Waals surface area contributed by atoms with Gasteiger partial charge in [0.05, 0.1) is 10.7 Å². The van der Waals surface area contributed by atoms with Crippen molar-refractivity contribution in [3.8, 4) is 11.4 Å². The van der Waals surface area contributed by atoms with Crippen LogP contribution in [-0.2, 0) is 5.41 Å². The van der Waals surface area contributed by atoms with Crippen LogP contribution < -0.4 is 5.32 Å². The lowest BCUT2D eigenvalue weighted by Crippen LogP contribution is -2.16. The molecule has 0 radical (unpaired) electrons. The maximum Gasteiger partial charge on any atom is 0.163 e. The molecule has 0 aliphatic carbocycles. The fraction of sp³-hybridized carbons (Fsp3) is 0.375. The van der Waals surface area contributed by atoms with Crippen LogP contribution in [0, 0.1) is 0 Å². The highest BCUT2D eigenvalue weighted by Gasteiger charge is 2.19. The Morgan fingerprint density at radius 1 is 1.15 bits per heavy atom. The number of halogens is 1. The van der Waals surface area contributed by atoms with Crippen molar-refractivity contribution in [1.82, 2.24) is 9.97 Å². The second kappa shape index (κ2) is 5.80. The summed E-state index contributed by atoms with van der Waals surface area (Å²) in [6.07, 6.45) is 0. The smallest absolute Gasteiger partial charge is 0.163 e. The Morgan fingerprint density at radius 3 is 2.45 bits per heavy atom. The minimum atomic E-state index is -0.0386. The number of nitrogens with zero attached hydrogens (tertiary/aromatic N) is 2. The fourth-order valence-electron chi connectivity index (χ4n) is 1.87. The van der Waals surface area contributed by atoms with E-state index < -0.39 is 0 Å². The van der Waals surface area contributed by atoms with Crippen LogP contribution in [0.25, 0.3) is 11.4 Å². The van der Waals surface area contributed by atoms with Gasteiger partial charge in [0, 0.05) is 23.6 Å². The predicted molar refractivity (Wildman–Crippen MR) is 85.3 cm³/mol. The Hall–Kier alpha value is -1.61. The van der Waals surface area contributed by atoms with E-state index >= 15 is 0 Å². The Balaban J connectivity index is 2.58. The molecule has 0 saturated carbocycles. The summed E-state index contributed by atoms with van der Waals surface area (Å²) in [6.45, 7) is 9.29. The molecule has 0 saturated heterocycles. The van der Waals surface area contributed by atoms with Gasteiger partial charge in [-0.3, -0.25) is 0 Å². The number of hydrogen-bond acceptors (Lipinski definition) is 3. The van der Waals surface area contributed by atoms with Gasteiger partial charge in [0.15, 0.2) is 5.82 Å². The number of nitrogens with one attached hydrogen (secondary N) is 1. The van der Waals surface area contributed by atoms with E-state index in [1.54, 1.807) is 0 Å². The van der Waals surface area contributed by atoms with Crippen LogP contribution in [0.5, 0.6) is 0 Å². The molecule has 0 unspecified atom stereocenters. The van der Waals surface area contributed by atoms with Crippen LogP contribution >= 0.6 is 11.6 Å². The average Bonchev–Trinajstić information content (AvgIpc) is 2.38. The van der Waals surface area contributed by atoms with Crippen molar-refractivity contribution in [3.63, 3.8) is 0 Å². The van der Waals surface area contributed by atoms with Gasteiger partial charge in [-0.2, -0.15) is 0 Å². The molecule has 0 fully saturated rings. The molecule has 2 aromatic rings. The lowest BCUT2D eigenvalue weighted by atomic mass is 9.91. The first kappa shape index (κ1) is 14.8. The predicted octanol–water partition coefficient (Wildman–Crippen LogP) is 4.53. The number of benzene rings is 1. The van der Waals surface area contributed by atoms with Crippen LogP contribution in [0.2, 0.25) is 5.02 Å². The second-order valence-electron chi connectivity index (χ2n) is 5.72. The van der Waals surface area contributed by atoms with E-state index in [1.165, 1.54) is 0 Å². The standard InChI is InChI=1S/C16H20ClN3/c1-5-18-14-10-13(16(2,3)4)19-15(20-14)11-8-6-7-9-12(11)17/h6-10H,5H2,1-4H3,(H,18,19,20). The highest BCUT2D eigenvalue weighted by atomic mass is 35.5. The zero-order valence-corrected chi connectivity index (χ0v) is 13.1. The summed E-state index contributed by atoms with van der Waals surface area (Å²) >= 11 is 6.25. The van der Waals surface area contributed by atoms with Crippen LogP contribution in [0.15, 0.2) is 30.3 Å². The lowest BCUT2D eigenvalue weighted by Gasteiger charge is -2.20. The number of rotatable bonds is 3. The minimum absolute atomic E-state index is 0.0386. The fourth-order valence-corrected chi connectivity index (χ4v) is 2.09. The van der Waals surface area contributed by atoms with E-state index in [2.05, 4.69) is 36.1 Å². The Bertz CT molecular complexity index is 603. The zero-order valence-electron chi connectivity index (χ0n) is 12.4. The van der Waals surface area contributed by atoms with Crippen LogP contribution in [0.1, 0.15) is 33.4 Å². The van der Waals surface area contributed by atoms with E-state index in [4.69, 9.17) is 11.6 Å². The van der Waals surface area contributed by atoms with Crippen molar-refractivity contribution in [2.45, 2.75) is 33.1 Å².